The number of esters is 1. The summed E-state index contributed by atoms with van der Waals surface area (Å²) in [7, 11) is 0. The normalized spacial score (nSPS) is 29.8. The lowest BCUT2D eigenvalue weighted by molar-refractivity contribution is -0.385. The molecule has 6 nitrogen and oxygen atoms in total. The lowest BCUT2D eigenvalue weighted by atomic mass is 9.57. The van der Waals surface area contributed by atoms with Crippen LogP contribution in [0.15, 0.2) is 12.2 Å². The fourth-order valence-electron chi connectivity index (χ4n) is 7.54. The van der Waals surface area contributed by atoms with E-state index in [0.717, 1.165) is 27.7 Å². The molecule has 4 saturated carbocycles. The summed E-state index contributed by atoms with van der Waals surface area (Å²) in [4.78, 5) is 12.8. The SMILES string of the molecule is C=C(C)C(=O)OC12CC3CC(C(C)(C)OCC(O)(C(F)(F)F)C(F)(F)F)(C1)CC2(C(C)(C)OCC(O)(C(F)(F)F)C(F)(F)F)C3. The molecule has 4 bridgehead atoms. The van der Waals surface area contributed by atoms with Gasteiger partial charge in [-0.15, -0.1) is 0 Å². The summed E-state index contributed by atoms with van der Waals surface area (Å²) >= 11 is 0. The van der Waals surface area contributed by atoms with E-state index in [-0.39, 0.29) is 37.7 Å². The number of halogens is 12. The van der Waals surface area contributed by atoms with E-state index in [4.69, 9.17) is 14.2 Å². The van der Waals surface area contributed by atoms with Crippen LogP contribution < -0.4 is 0 Å². The summed E-state index contributed by atoms with van der Waals surface area (Å²) in [5, 5.41) is 19.4. The van der Waals surface area contributed by atoms with Gasteiger partial charge < -0.3 is 24.4 Å². The van der Waals surface area contributed by atoms with Crippen molar-refractivity contribution in [1.82, 2.24) is 0 Å². The van der Waals surface area contributed by atoms with E-state index in [1.165, 1.54) is 6.92 Å². The minimum atomic E-state index is -6.24. The van der Waals surface area contributed by atoms with E-state index in [9.17, 15) is 67.7 Å². The predicted octanol–water partition coefficient (Wildman–Crippen LogP) is 6.73. The van der Waals surface area contributed by atoms with Crippen molar-refractivity contribution in [2.24, 2.45) is 16.7 Å². The molecule has 0 aliphatic heterocycles. The van der Waals surface area contributed by atoms with Crippen molar-refractivity contribution in [2.75, 3.05) is 13.2 Å². The van der Waals surface area contributed by atoms with Gasteiger partial charge in [0.05, 0.1) is 24.4 Å². The van der Waals surface area contributed by atoms with Crippen molar-refractivity contribution < 1.29 is 81.9 Å². The number of alkyl halides is 12. The maximum Gasteiger partial charge on any atom is 0.428 e. The second kappa shape index (κ2) is 10.4. The molecule has 18 heteroatoms. The molecule has 4 rings (SSSR count). The first kappa shape index (κ1) is 37.7. The molecule has 0 saturated heterocycles. The zero-order valence-corrected chi connectivity index (χ0v) is 24.8. The first-order valence-electron chi connectivity index (χ1n) is 13.6. The fourth-order valence-corrected chi connectivity index (χ4v) is 7.54. The summed E-state index contributed by atoms with van der Waals surface area (Å²) < 4.78 is 178. The van der Waals surface area contributed by atoms with Gasteiger partial charge in [0.2, 0.25) is 0 Å². The minimum Gasteiger partial charge on any atom is -0.455 e. The van der Waals surface area contributed by atoms with Crippen molar-refractivity contribution in [1.29, 1.82) is 0 Å². The highest BCUT2D eigenvalue weighted by Gasteiger charge is 2.81. The van der Waals surface area contributed by atoms with Gasteiger partial charge in [-0.3, -0.25) is 0 Å². The summed E-state index contributed by atoms with van der Waals surface area (Å²) in [5.41, 5.74) is -19.7. The Bertz CT molecular complexity index is 1160. The molecule has 0 radical (unpaired) electrons. The lowest BCUT2D eigenvalue weighted by Gasteiger charge is -2.53. The summed E-state index contributed by atoms with van der Waals surface area (Å²) in [6.07, 6.45) is -25.6. The molecule has 0 aromatic heterocycles. The van der Waals surface area contributed by atoms with Gasteiger partial charge in [0.1, 0.15) is 5.60 Å². The van der Waals surface area contributed by atoms with Gasteiger partial charge in [-0.05, 0) is 72.6 Å². The van der Waals surface area contributed by atoms with Crippen LogP contribution in [0.4, 0.5) is 52.7 Å². The van der Waals surface area contributed by atoms with Gasteiger partial charge in [-0.2, -0.15) is 52.7 Å². The van der Waals surface area contributed by atoms with Crippen LogP contribution in [-0.2, 0) is 19.0 Å². The van der Waals surface area contributed by atoms with E-state index < -0.39 is 88.6 Å². The van der Waals surface area contributed by atoms with E-state index in [0.29, 0.717) is 0 Å². The average molecular weight is 683 g/mol. The maximum absolute atomic E-state index is 13.5. The molecule has 0 amide bonds. The van der Waals surface area contributed by atoms with Crippen LogP contribution in [-0.4, -0.2) is 82.1 Å². The smallest absolute Gasteiger partial charge is 0.428 e. The molecule has 4 unspecified atom stereocenters. The molecular formula is C27H34F12O6. The Kier molecular flexibility index (Phi) is 8.67. The first-order valence-corrected chi connectivity index (χ1v) is 13.6. The van der Waals surface area contributed by atoms with Gasteiger partial charge in [0.15, 0.2) is 0 Å². The molecule has 0 heterocycles. The number of carbonyl (C=O) groups is 1. The van der Waals surface area contributed by atoms with E-state index in [1.54, 1.807) is 0 Å². The average Bonchev–Trinajstić information content (AvgIpc) is 3.17. The Hall–Kier alpha value is -1.79. The standard InChI is InChI=1S/C27H34F12O6/c1-14(2)16(40)45-21-9-15-7-19(11-21,17(3,4)43-12-22(41,24(28,29)30)25(31,32)33)10-20(21,8-15)18(5,6)44-13-23(42,26(34,35)36)27(37,38)39/h15,41-42H,1,7-13H2,2-6H3. The number of carbonyl (C=O) groups excluding carboxylic acids is 1. The number of hydrogen-bond donors (Lipinski definition) is 2. The highest BCUT2D eigenvalue weighted by molar-refractivity contribution is 5.87. The third-order valence-electron chi connectivity index (χ3n) is 10.3. The highest BCUT2D eigenvalue weighted by atomic mass is 19.4. The Balaban J connectivity index is 2.10. The second-order valence-corrected chi connectivity index (χ2v) is 13.7. The van der Waals surface area contributed by atoms with E-state index in [2.05, 4.69) is 6.58 Å². The Morgan fingerprint density at radius 2 is 1.11 bits per heavy atom. The van der Waals surface area contributed by atoms with E-state index >= 15 is 0 Å². The zero-order chi connectivity index (χ0) is 35.3. The maximum atomic E-state index is 13.5. The lowest BCUT2D eigenvalue weighted by Crippen LogP contribution is -2.63. The molecule has 4 aliphatic carbocycles. The molecule has 262 valence electrons. The Labute approximate surface area is 250 Å². The first-order chi connectivity index (χ1) is 19.7. The van der Waals surface area contributed by atoms with Gasteiger partial charge >= 0.3 is 30.7 Å². The van der Waals surface area contributed by atoms with Crippen LogP contribution >= 0.6 is 0 Å². The van der Waals surface area contributed by atoms with Crippen molar-refractivity contribution in [3.63, 3.8) is 0 Å². The van der Waals surface area contributed by atoms with Crippen LogP contribution in [0.1, 0.15) is 66.7 Å². The van der Waals surface area contributed by atoms with E-state index in [1.807, 2.05) is 0 Å². The van der Waals surface area contributed by atoms with Gasteiger partial charge in [0.25, 0.3) is 11.2 Å². The van der Waals surface area contributed by atoms with Crippen LogP contribution in [0, 0.1) is 16.7 Å². The monoisotopic (exact) mass is 682 g/mol. The predicted molar refractivity (Wildman–Crippen MR) is 129 cm³/mol. The van der Waals surface area contributed by atoms with Gasteiger partial charge in [-0.25, -0.2) is 4.79 Å². The number of aliphatic hydroxyl groups is 2. The Morgan fingerprint density at radius 1 is 0.711 bits per heavy atom. The molecule has 0 spiro atoms. The van der Waals surface area contributed by atoms with Crippen molar-refractivity contribution in [2.45, 2.75) is 119 Å². The van der Waals surface area contributed by atoms with Crippen LogP contribution in [0.3, 0.4) is 0 Å². The molecule has 4 atom stereocenters. The van der Waals surface area contributed by atoms with Crippen LogP contribution in [0.5, 0.6) is 0 Å². The molecule has 4 fully saturated rings. The number of rotatable bonds is 10. The molecule has 2 N–H and O–H groups in total. The number of hydrogen-bond acceptors (Lipinski definition) is 6. The summed E-state index contributed by atoms with van der Waals surface area (Å²) in [6, 6.07) is 0. The quantitative estimate of drug-likeness (QED) is 0.151. The second-order valence-electron chi connectivity index (χ2n) is 13.7. The van der Waals surface area contributed by atoms with Crippen molar-refractivity contribution >= 4 is 5.97 Å². The largest absolute Gasteiger partial charge is 0.455 e. The Morgan fingerprint density at radius 3 is 1.49 bits per heavy atom. The van der Waals surface area contributed by atoms with Gasteiger partial charge in [-0.1, -0.05) is 6.58 Å². The van der Waals surface area contributed by atoms with Crippen LogP contribution in [0.2, 0.25) is 0 Å². The third kappa shape index (κ3) is 5.52. The molecule has 0 aromatic rings. The van der Waals surface area contributed by atoms with Gasteiger partial charge in [0, 0.05) is 16.4 Å². The topological polar surface area (TPSA) is 85.2 Å². The molecule has 45 heavy (non-hydrogen) atoms. The van der Waals surface area contributed by atoms with Crippen LogP contribution in [0.25, 0.3) is 0 Å². The molecular weight excluding hydrogens is 648 g/mol. The molecule has 4 aliphatic rings. The molecule has 0 aromatic carbocycles. The highest BCUT2D eigenvalue weighted by Crippen LogP contribution is 2.79. The zero-order valence-electron chi connectivity index (χ0n) is 24.8. The summed E-state index contributed by atoms with van der Waals surface area (Å²) in [5.74, 6) is -1.57. The third-order valence-corrected chi connectivity index (χ3v) is 10.3. The minimum absolute atomic E-state index is 0.0194. The number of ether oxygens (including phenoxy) is 3. The van der Waals surface area contributed by atoms with Crippen molar-refractivity contribution in [3.8, 4) is 0 Å². The fraction of sp³-hybridized carbons (Fsp3) is 0.889. The van der Waals surface area contributed by atoms with Crippen molar-refractivity contribution in [3.05, 3.63) is 12.2 Å². The summed E-state index contributed by atoms with van der Waals surface area (Å²) in [6.45, 7) is 4.56.